The van der Waals surface area contributed by atoms with Crippen molar-refractivity contribution in [2.24, 2.45) is 0 Å². The van der Waals surface area contributed by atoms with Gasteiger partial charge in [0.2, 0.25) is 10.0 Å². The molecule has 0 radical (unpaired) electrons. The first-order valence-electron chi connectivity index (χ1n) is 4.93. The van der Waals surface area contributed by atoms with Gasteiger partial charge in [-0.1, -0.05) is 12.1 Å². The van der Waals surface area contributed by atoms with E-state index in [1.54, 1.807) is 0 Å². The second-order valence-electron chi connectivity index (χ2n) is 3.78. The van der Waals surface area contributed by atoms with Gasteiger partial charge in [0.15, 0.2) is 0 Å². The fourth-order valence-corrected chi connectivity index (χ4v) is 3.32. The Bertz CT molecular complexity index is 548. The van der Waals surface area contributed by atoms with Crippen molar-refractivity contribution in [3.63, 3.8) is 0 Å². The van der Waals surface area contributed by atoms with E-state index in [-0.39, 0.29) is 23.5 Å². The van der Waals surface area contributed by atoms with Crippen molar-refractivity contribution in [1.29, 1.82) is 0 Å². The molecule has 1 saturated heterocycles. The number of benzene rings is 1. The highest BCUT2D eigenvalue weighted by Crippen LogP contribution is 2.24. The van der Waals surface area contributed by atoms with Crippen molar-refractivity contribution in [3.05, 3.63) is 29.8 Å². The highest BCUT2D eigenvalue weighted by molar-refractivity contribution is 7.89. The van der Waals surface area contributed by atoms with Gasteiger partial charge in [0.25, 0.3) is 0 Å². The molecule has 2 N–H and O–H groups in total. The number of aromatic carboxylic acids is 1. The van der Waals surface area contributed by atoms with Crippen molar-refractivity contribution in [3.8, 4) is 0 Å². The van der Waals surface area contributed by atoms with Crippen LogP contribution in [-0.4, -0.2) is 48.1 Å². The number of aliphatic hydroxyl groups excluding tert-OH is 1. The van der Waals surface area contributed by atoms with E-state index < -0.39 is 22.1 Å². The van der Waals surface area contributed by atoms with Crippen molar-refractivity contribution in [1.82, 2.24) is 4.31 Å². The van der Waals surface area contributed by atoms with Gasteiger partial charge in [-0.15, -0.1) is 0 Å². The monoisotopic (exact) mass is 257 g/mol. The van der Waals surface area contributed by atoms with Gasteiger partial charge in [0.05, 0.1) is 16.6 Å². The van der Waals surface area contributed by atoms with E-state index in [1.165, 1.54) is 24.3 Å². The summed E-state index contributed by atoms with van der Waals surface area (Å²) in [4.78, 5) is 10.7. The quantitative estimate of drug-likeness (QED) is 0.778. The molecule has 0 aromatic heterocycles. The van der Waals surface area contributed by atoms with Crippen molar-refractivity contribution in [2.75, 3.05) is 13.1 Å². The Balaban J connectivity index is 2.43. The second kappa shape index (κ2) is 4.10. The summed E-state index contributed by atoms with van der Waals surface area (Å²) in [5.41, 5.74) is -0.256. The van der Waals surface area contributed by atoms with Crippen LogP contribution in [-0.2, 0) is 10.0 Å². The summed E-state index contributed by atoms with van der Waals surface area (Å²) in [7, 11) is -3.82. The summed E-state index contributed by atoms with van der Waals surface area (Å²) in [5.74, 6) is -1.29. The van der Waals surface area contributed by atoms with E-state index in [4.69, 9.17) is 10.2 Å². The lowest BCUT2D eigenvalue weighted by Gasteiger charge is -2.34. The maximum Gasteiger partial charge on any atom is 0.337 e. The van der Waals surface area contributed by atoms with Gasteiger partial charge in [-0.2, -0.15) is 4.31 Å². The van der Waals surface area contributed by atoms with E-state index in [0.717, 1.165) is 4.31 Å². The zero-order valence-corrected chi connectivity index (χ0v) is 9.59. The number of hydrogen-bond donors (Lipinski definition) is 2. The third-order valence-electron chi connectivity index (χ3n) is 2.56. The molecule has 1 fully saturated rings. The van der Waals surface area contributed by atoms with Crippen molar-refractivity contribution in [2.45, 2.75) is 11.0 Å². The van der Waals surface area contributed by atoms with E-state index in [1.807, 2.05) is 0 Å². The maximum absolute atomic E-state index is 12.0. The molecule has 0 saturated carbocycles. The Kier molecular flexibility index (Phi) is 2.90. The molecule has 1 aromatic rings. The average Bonchev–Trinajstić information content (AvgIpc) is 2.24. The Hall–Kier alpha value is -1.44. The van der Waals surface area contributed by atoms with E-state index >= 15 is 0 Å². The van der Waals surface area contributed by atoms with Crippen LogP contribution in [0, 0.1) is 0 Å². The molecule has 1 heterocycles. The fourth-order valence-electron chi connectivity index (χ4n) is 1.62. The first kappa shape index (κ1) is 12.0. The van der Waals surface area contributed by atoms with Crippen LogP contribution in [0.3, 0.4) is 0 Å². The molecule has 2 rings (SSSR count). The molecule has 1 aromatic carbocycles. The number of hydrogen-bond acceptors (Lipinski definition) is 4. The summed E-state index contributed by atoms with van der Waals surface area (Å²) in [5, 5.41) is 18.0. The molecule has 17 heavy (non-hydrogen) atoms. The lowest BCUT2D eigenvalue weighted by molar-refractivity contribution is 0.0546. The molecule has 0 unspecified atom stereocenters. The Morgan fingerprint density at radius 2 is 1.88 bits per heavy atom. The van der Waals surface area contributed by atoms with E-state index in [0.29, 0.717) is 0 Å². The molecule has 0 bridgehead atoms. The number of carboxylic acid groups (broad SMARTS) is 1. The van der Waals surface area contributed by atoms with Crippen LogP contribution in [0.1, 0.15) is 10.4 Å². The van der Waals surface area contributed by atoms with Gasteiger partial charge in [-0.3, -0.25) is 0 Å². The molecule has 0 aliphatic carbocycles. The predicted molar refractivity (Wildman–Crippen MR) is 58.2 cm³/mol. The maximum atomic E-state index is 12.0. The molecule has 7 heteroatoms. The van der Waals surface area contributed by atoms with Gasteiger partial charge in [-0.25, -0.2) is 13.2 Å². The zero-order chi connectivity index (χ0) is 12.6. The van der Waals surface area contributed by atoms with Crippen LogP contribution in [0.15, 0.2) is 29.2 Å². The topological polar surface area (TPSA) is 94.9 Å². The molecule has 0 amide bonds. The van der Waals surface area contributed by atoms with Crippen LogP contribution < -0.4 is 0 Å². The second-order valence-corrected chi connectivity index (χ2v) is 5.68. The third-order valence-corrected chi connectivity index (χ3v) is 4.45. The van der Waals surface area contributed by atoms with Crippen LogP contribution in [0.2, 0.25) is 0 Å². The van der Waals surface area contributed by atoms with Crippen LogP contribution in [0.4, 0.5) is 0 Å². The first-order valence-corrected chi connectivity index (χ1v) is 6.37. The summed E-state index contributed by atoms with van der Waals surface area (Å²) in [6, 6.07) is 5.43. The number of aliphatic hydroxyl groups is 1. The molecular weight excluding hydrogens is 246 g/mol. The molecule has 1 aliphatic rings. The van der Waals surface area contributed by atoms with Gasteiger partial charge in [0, 0.05) is 13.1 Å². The smallest absolute Gasteiger partial charge is 0.337 e. The minimum Gasteiger partial charge on any atom is -0.478 e. The van der Waals surface area contributed by atoms with Crippen LogP contribution in [0.5, 0.6) is 0 Å². The Labute approximate surface area is 98.2 Å². The number of rotatable bonds is 3. The van der Waals surface area contributed by atoms with Crippen molar-refractivity contribution < 1.29 is 23.4 Å². The number of sulfonamides is 1. The lowest BCUT2D eigenvalue weighted by Crippen LogP contribution is -2.53. The van der Waals surface area contributed by atoms with Crippen molar-refractivity contribution >= 4 is 16.0 Å². The summed E-state index contributed by atoms with van der Waals surface area (Å²) in [6.07, 6.45) is -0.665. The van der Waals surface area contributed by atoms with Gasteiger partial charge >= 0.3 is 5.97 Å². The van der Waals surface area contributed by atoms with E-state index in [2.05, 4.69) is 0 Å². The standard InChI is InChI=1S/C10H11NO5S/c12-7-5-11(6-7)17(15,16)9-4-2-1-3-8(9)10(13)14/h1-4,7,12H,5-6H2,(H,13,14). The van der Waals surface area contributed by atoms with Crippen LogP contribution >= 0.6 is 0 Å². The fraction of sp³-hybridized carbons (Fsp3) is 0.300. The SMILES string of the molecule is O=C(O)c1ccccc1S(=O)(=O)N1CC(O)C1. The predicted octanol–water partition coefficient (Wildman–Crippen LogP) is -0.250. The van der Waals surface area contributed by atoms with E-state index in [9.17, 15) is 13.2 Å². The molecule has 0 atom stereocenters. The number of carboxylic acids is 1. The molecule has 92 valence electrons. The minimum absolute atomic E-state index is 0.0102. The Morgan fingerprint density at radius 1 is 1.29 bits per heavy atom. The largest absolute Gasteiger partial charge is 0.478 e. The molecular formula is C10H11NO5S. The molecule has 1 aliphatic heterocycles. The normalized spacial score (nSPS) is 17.7. The molecule has 0 spiro atoms. The lowest BCUT2D eigenvalue weighted by atomic mass is 10.2. The van der Waals surface area contributed by atoms with Gasteiger partial charge in [-0.05, 0) is 12.1 Å². The highest BCUT2D eigenvalue weighted by Gasteiger charge is 2.37. The minimum atomic E-state index is -3.82. The number of carbonyl (C=O) groups is 1. The first-order chi connectivity index (χ1) is 7.93. The average molecular weight is 257 g/mol. The van der Waals surface area contributed by atoms with Gasteiger partial charge < -0.3 is 10.2 Å². The zero-order valence-electron chi connectivity index (χ0n) is 8.78. The Morgan fingerprint density at radius 3 is 2.41 bits per heavy atom. The molecule has 6 nitrogen and oxygen atoms in total. The highest BCUT2D eigenvalue weighted by atomic mass is 32.2. The summed E-state index contributed by atoms with van der Waals surface area (Å²) in [6.45, 7) is 0.0204. The summed E-state index contributed by atoms with van der Waals surface area (Å²) < 4.78 is 25.1. The number of nitrogens with zero attached hydrogens (tertiary/aromatic N) is 1. The number of β-amino-alcohol motifs (C(OH)–C–C–N with tert-alkyl or cyclic N) is 1. The third kappa shape index (κ3) is 2.04. The van der Waals surface area contributed by atoms with Gasteiger partial charge in [0.1, 0.15) is 0 Å². The summed E-state index contributed by atoms with van der Waals surface area (Å²) >= 11 is 0. The van der Waals surface area contributed by atoms with Crippen LogP contribution in [0.25, 0.3) is 0 Å².